The van der Waals surface area contributed by atoms with Crippen molar-refractivity contribution in [3.05, 3.63) is 29.8 Å². The lowest BCUT2D eigenvalue weighted by Crippen LogP contribution is -2.52. The van der Waals surface area contributed by atoms with Gasteiger partial charge < -0.3 is 20.5 Å². The zero-order valence-electron chi connectivity index (χ0n) is 11.3. The number of carbonyl (C=O) groups is 1. The molecule has 19 heavy (non-hydrogen) atoms. The van der Waals surface area contributed by atoms with Gasteiger partial charge in [0.1, 0.15) is 18.5 Å². The first-order chi connectivity index (χ1) is 8.96. The number of hydrogen-bond acceptors (Lipinski definition) is 4. The monoisotopic (exact) mass is 264 g/mol. The van der Waals surface area contributed by atoms with Crippen LogP contribution in [0.25, 0.3) is 0 Å². The van der Waals surface area contributed by atoms with Crippen LogP contribution in [0.4, 0.5) is 0 Å². The Hall–Kier alpha value is -1.59. The van der Waals surface area contributed by atoms with Crippen LogP contribution in [0.1, 0.15) is 24.2 Å². The van der Waals surface area contributed by atoms with Crippen LogP contribution in [0.5, 0.6) is 5.75 Å². The van der Waals surface area contributed by atoms with Crippen molar-refractivity contribution in [3.63, 3.8) is 0 Å². The second-order valence-corrected chi connectivity index (χ2v) is 5.33. The average Bonchev–Trinajstić information content (AvgIpc) is 2.36. The predicted molar refractivity (Wildman–Crippen MR) is 72.3 cm³/mol. The smallest absolute Gasteiger partial charge is 0.248 e. The number of amides is 1. The number of carbonyl (C=O) groups excluding carboxylic acids is 1. The molecule has 5 heteroatoms. The summed E-state index contributed by atoms with van der Waals surface area (Å²) in [6.07, 6.45) is 0.0274. The molecule has 1 unspecified atom stereocenters. The Labute approximate surface area is 113 Å². The highest BCUT2D eigenvalue weighted by Gasteiger charge is 2.28. The first kappa shape index (κ1) is 13.8. The second kappa shape index (κ2) is 5.59. The summed E-state index contributed by atoms with van der Waals surface area (Å²) in [6, 6.07) is 6.78. The van der Waals surface area contributed by atoms with E-state index in [9.17, 15) is 4.79 Å². The Morgan fingerprint density at radius 1 is 1.47 bits per heavy atom. The molecule has 1 fully saturated rings. The molecule has 0 bridgehead atoms. The number of primary amides is 1. The first-order valence-corrected chi connectivity index (χ1v) is 6.37. The van der Waals surface area contributed by atoms with Crippen LogP contribution < -0.4 is 15.8 Å². The minimum absolute atomic E-state index is 0.0274. The van der Waals surface area contributed by atoms with Crippen molar-refractivity contribution in [1.82, 2.24) is 5.32 Å². The van der Waals surface area contributed by atoms with Crippen LogP contribution >= 0.6 is 0 Å². The quantitative estimate of drug-likeness (QED) is 0.848. The van der Waals surface area contributed by atoms with Crippen LogP contribution in [-0.2, 0) is 4.74 Å². The van der Waals surface area contributed by atoms with Crippen LogP contribution in [0.15, 0.2) is 24.3 Å². The maximum absolute atomic E-state index is 10.9. The minimum Gasteiger partial charge on any atom is -0.491 e. The lowest BCUT2D eigenvalue weighted by atomic mass is 10.1. The summed E-state index contributed by atoms with van der Waals surface area (Å²) in [6.45, 7) is 6.20. The van der Waals surface area contributed by atoms with Crippen molar-refractivity contribution < 1.29 is 14.3 Å². The van der Waals surface area contributed by atoms with Gasteiger partial charge >= 0.3 is 0 Å². The summed E-state index contributed by atoms with van der Waals surface area (Å²) in [5, 5.41) is 3.32. The fraction of sp³-hybridized carbons (Fsp3) is 0.500. The Balaban J connectivity index is 1.86. The summed E-state index contributed by atoms with van der Waals surface area (Å²) in [4.78, 5) is 10.9. The number of nitrogens with one attached hydrogen (secondary N) is 1. The van der Waals surface area contributed by atoms with E-state index < -0.39 is 5.91 Å². The highest BCUT2D eigenvalue weighted by Crippen LogP contribution is 2.17. The molecule has 1 saturated heterocycles. The van der Waals surface area contributed by atoms with Gasteiger partial charge in [0.2, 0.25) is 5.91 Å². The Morgan fingerprint density at radius 3 is 2.74 bits per heavy atom. The second-order valence-electron chi connectivity index (χ2n) is 5.33. The normalized spacial score (nSPS) is 21.9. The number of nitrogens with two attached hydrogens (primary N) is 1. The van der Waals surface area contributed by atoms with Gasteiger partial charge in [-0.25, -0.2) is 0 Å². The molecule has 0 aromatic heterocycles. The van der Waals surface area contributed by atoms with Gasteiger partial charge in [0.05, 0.1) is 5.60 Å². The van der Waals surface area contributed by atoms with Crippen molar-refractivity contribution in [2.75, 3.05) is 19.7 Å². The van der Waals surface area contributed by atoms with E-state index in [0.717, 1.165) is 13.1 Å². The minimum atomic E-state index is -0.437. The summed E-state index contributed by atoms with van der Waals surface area (Å²) < 4.78 is 11.6. The highest BCUT2D eigenvalue weighted by atomic mass is 16.5. The third kappa shape index (κ3) is 3.94. The summed E-state index contributed by atoms with van der Waals surface area (Å²) in [5.41, 5.74) is 5.49. The SMILES string of the molecule is CC1(C)CNCC(COc2ccc(C(N)=O)cc2)O1. The molecule has 1 amide bonds. The van der Waals surface area contributed by atoms with Crippen molar-refractivity contribution in [2.45, 2.75) is 25.6 Å². The van der Waals surface area contributed by atoms with E-state index in [2.05, 4.69) is 5.32 Å². The topological polar surface area (TPSA) is 73.6 Å². The molecular formula is C14H20N2O3. The number of rotatable bonds is 4. The van der Waals surface area contributed by atoms with Gasteiger partial charge in [-0.05, 0) is 38.1 Å². The highest BCUT2D eigenvalue weighted by molar-refractivity contribution is 5.92. The van der Waals surface area contributed by atoms with E-state index in [-0.39, 0.29) is 11.7 Å². The Kier molecular flexibility index (Phi) is 4.07. The van der Waals surface area contributed by atoms with Crippen molar-refractivity contribution in [3.8, 4) is 5.75 Å². The fourth-order valence-corrected chi connectivity index (χ4v) is 2.07. The molecule has 0 saturated carbocycles. The number of hydrogen-bond donors (Lipinski definition) is 2. The third-order valence-electron chi connectivity index (χ3n) is 2.98. The maximum Gasteiger partial charge on any atom is 0.248 e. The van der Waals surface area contributed by atoms with Gasteiger partial charge in [-0.15, -0.1) is 0 Å². The molecule has 0 aliphatic carbocycles. The molecule has 1 aliphatic rings. The van der Waals surface area contributed by atoms with E-state index in [1.165, 1.54) is 0 Å². The standard InChI is InChI=1S/C14H20N2O3/c1-14(2)9-16-7-12(19-14)8-18-11-5-3-10(4-6-11)13(15)17/h3-6,12,16H,7-9H2,1-2H3,(H2,15,17). The summed E-state index contributed by atoms with van der Waals surface area (Å²) >= 11 is 0. The Morgan fingerprint density at radius 2 is 2.16 bits per heavy atom. The van der Waals surface area contributed by atoms with Crippen LogP contribution in [0.3, 0.4) is 0 Å². The van der Waals surface area contributed by atoms with Crippen molar-refractivity contribution >= 4 is 5.91 Å². The van der Waals surface area contributed by atoms with Crippen LogP contribution in [0, 0.1) is 0 Å². The molecule has 2 rings (SSSR count). The predicted octanol–water partition coefficient (Wildman–Crippen LogP) is 0.931. The lowest BCUT2D eigenvalue weighted by Gasteiger charge is -2.36. The van der Waals surface area contributed by atoms with Crippen LogP contribution in [-0.4, -0.2) is 37.3 Å². The molecule has 1 aliphatic heterocycles. The largest absolute Gasteiger partial charge is 0.491 e. The van der Waals surface area contributed by atoms with Crippen molar-refractivity contribution in [1.29, 1.82) is 0 Å². The molecular weight excluding hydrogens is 244 g/mol. The lowest BCUT2D eigenvalue weighted by molar-refractivity contribution is -0.107. The summed E-state index contributed by atoms with van der Waals surface area (Å²) in [5.74, 6) is 0.269. The van der Waals surface area contributed by atoms with Gasteiger partial charge in [-0.3, -0.25) is 4.79 Å². The number of morpholine rings is 1. The van der Waals surface area contributed by atoms with E-state index in [1.807, 2.05) is 13.8 Å². The van der Waals surface area contributed by atoms with Crippen LogP contribution in [0.2, 0.25) is 0 Å². The van der Waals surface area contributed by atoms with Crippen molar-refractivity contribution in [2.24, 2.45) is 5.73 Å². The molecule has 1 aromatic rings. The zero-order valence-corrected chi connectivity index (χ0v) is 11.3. The van der Waals surface area contributed by atoms with Gasteiger partial charge in [-0.1, -0.05) is 0 Å². The molecule has 3 N–H and O–H groups in total. The summed E-state index contributed by atoms with van der Waals surface area (Å²) in [7, 11) is 0. The molecule has 104 valence electrons. The van der Waals surface area contributed by atoms with Gasteiger partial charge in [0.25, 0.3) is 0 Å². The Bertz CT molecular complexity index is 443. The molecule has 1 atom stereocenters. The molecule has 0 radical (unpaired) electrons. The number of ether oxygens (including phenoxy) is 2. The van der Waals surface area contributed by atoms with E-state index >= 15 is 0 Å². The molecule has 0 spiro atoms. The van der Waals surface area contributed by atoms with Gasteiger partial charge in [-0.2, -0.15) is 0 Å². The fourth-order valence-electron chi connectivity index (χ4n) is 2.07. The first-order valence-electron chi connectivity index (χ1n) is 6.37. The van der Waals surface area contributed by atoms with Gasteiger partial charge in [0.15, 0.2) is 0 Å². The third-order valence-corrected chi connectivity index (χ3v) is 2.98. The van der Waals surface area contributed by atoms with Gasteiger partial charge in [0, 0.05) is 18.7 Å². The molecule has 1 heterocycles. The molecule has 1 aromatic carbocycles. The average molecular weight is 264 g/mol. The zero-order chi connectivity index (χ0) is 13.9. The van der Waals surface area contributed by atoms with E-state index in [0.29, 0.717) is 17.9 Å². The molecule has 5 nitrogen and oxygen atoms in total. The van der Waals surface area contributed by atoms with E-state index in [4.69, 9.17) is 15.2 Å². The maximum atomic E-state index is 10.9. The van der Waals surface area contributed by atoms with E-state index in [1.54, 1.807) is 24.3 Å². The number of benzene rings is 1.